The molecule has 0 bridgehead atoms. The van der Waals surface area contributed by atoms with Crippen LogP contribution in [0.15, 0.2) is 60.7 Å². The molecule has 0 amide bonds. The van der Waals surface area contributed by atoms with Crippen LogP contribution in [0.4, 0.5) is 0 Å². The van der Waals surface area contributed by atoms with Gasteiger partial charge in [-0.2, -0.15) is 0 Å². The van der Waals surface area contributed by atoms with Crippen molar-refractivity contribution >= 4 is 13.6 Å². The van der Waals surface area contributed by atoms with E-state index in [0.29, 0.717) is 22.3 Å². The van der Waals surface area contributed by atoms with Crippen molar-refractivity contribution in [2.24, 2.45) is 0 Å². The number of phosphoric acid groups is 1. The van der Waals surface area contributed by atoms with Crippen LogP contribution in [0, 0.1) is 27.7 Å². The molecule has 0 aliphatic heterocycles. The number of para-hydroxylation sites is 1. The summed E-state index contributed by atoms with van der Waals surface area (Å²) in [6.45, 7) is 7.26. The van der Waals surface area contributed by atoms with Gasteiger partial charge in [0.1, 0.15) is 11.5 Å². The van der Waals surface area contributed by atoms with E-state index < -0.39 is 7.82 Å². The molecule has 1 unspecified atom stereocenters. The molecule has 0 aliphatic carbocycles. The first-order chi connectivity index (χ1) is 13.7. The molecule has 30 heavy (non-hydrogen) atoms. The number of hydrogen-bond acceptors (Lipinski definition) is 5. The third-order valence-corrected chi connectivity index (χ3v) is 5.35. The molecule has 5 nitrogen and oxygen atoms in total. The van der Waals surface area contributed by atoms with Gasteiger partial charge >= 0.3 is 37.4 Å². The quantitative estimate of drug-likeness (QED) is 0.339. The van der Waals surface area contributed by atoms with E-state index in [-0.39, 0.29) is 46.8 Å². The number of carbonyl (C=O) groups excluding carboxylic acids is 1. The molecule has 0 saturated heterocycles. The smallest absolute Gasteiger partial charge is 0.736 e. The van der Waals surface area contributed by atoms with Crippen LogP contribution < -0.4 is 43.5 Å². The van der Waals surface area contributed by atoms with Crippen molar-refractivity contribution in [3.63, 3.8) is 0 Å². The van der Waals surface area contributed by atoms with Gasteiger partial charge in [-0.05, 0) is 68.7 Å². The summed E-state index contributed by atoms with van der Waals surface area (Å²) in [5.74, 6) is 0.213. The first kappa shape index (κ1) is 24.4. The molecular weight excluding hydrogens is 410 g/mol. The Morgan fingerprint density at radius 1 is 0.833 bits per heavy atom. The van der Waals surface area contributed by atoms with Gasteiger partial charge in [-0.15, -0.1) is 0 Å². The normalized spacial score (nSPS) is 12.4. The van der Waals surface area contributed by atoms with E-state index in [1.807, 2.05) is 32.0 Å². The molecule has 0 spiro atoms. The van der Waals surface area contributed by atoms with Crippen LogP contribution in [-0.2, 0) is 4.57 Å². The van der Waals surface area contributed by atoms with Crippen molar-refractivity contribution in [2.45, 2.75) is 27.7 Å². The molecule has 0 fully saturated rings. The summed E-state index contributed by atoms with van der Waals surface area (Å²) in [7, 11) is -4.64. The minimum absolute atomic E-state index is 0. The predicted octanol–water partition coefficient (Wildman–Crippen LogP) is 2.08. The molecule has 0 heterocycles. The molecule has 3 aromatic carbocycles. The van der Waals surface area contributed by atoms with Crippen molar-refractivity contribution in [2.75, 3.05) is 0 Å². The van der Waals surface area contributed by atoms with Crippen molar-refractivity contribution < 1.29 is 52.9 Å². The third kappa shape index (κ3) is 5.84. The predicted molar refractivity (Wildman–Crippen MR) is 111 cm³/mol. The second kappa shape index (κ2) is 9.95. The van der Waals surface area contributed by atoms with Crippen molar-refractivity contribution in [1.82, 2.24) is 0 Å². The van der Waals surface area contributed by atoms with Crippen molar-refractivity contribution in [1.29, 1.82) is 0 Å². The Kier molecular flexibility index (Phi) is 8.09. The average molecular weight is 432 g/mol. The zero-order valence-electron chi connectivity index (χ0n) is 17.8. The van der Waals surface area contributed by atoms with Crippen LogP contribution in [-0.4, -0.2) is 5.78 Å². The van der Waals surface area contributed by atoms with E-state index in [1.165, 1.54) is 12.1 Å². The summed E-state index contributed by atoms with van der Waals surface area (Å²) in [6.07, 6.45) is 0. The fourth-order valence-electron chi connectivity index (χ4n) is 3.19. The summed E-state index contributed by atoms with van der Waals surface area (Å²) in [4.78, 5) is 25.2. The van der Waals surface area contributed by atoms with Gasteiger partial charge in [0.15, 0.2) is 5.78 Å². The summed E-state index contributed by atoms with van der Waals surface area (Å²) in [5.41, 5.74) is 4.14. The Hall–Kier alpha value is -1.88. The third-order valence-electron chi connectivity index (χ3n) is 4.51. The molecule has 7 heteroatoms. The van der Waals surface area contributed by atoms with Gasteiger partial charge in [-0.3, -0.25) is 4.79 Å². The number of phosphoric ester groups is 1. The maximum atomic E-state index is 12.9. The second-order valence-electron chi connectivity index (χ2n) is 7.03. The number of benzene rings is 3. The molecule has 0 N–H and O–H groups in total. The number of aryl methyl sites for hydroxylation is 4. The van der Waals surface area contributed by atoms with E-state index in [9.17, 15) is 14.3 Å². The zero-order valence-corrected chi connectivity index (χ0v) is 20.7. The van der Waals surface area contributed by atoms with E-state index in [0.717, 1.165) is 11.1 Å². The molecule has 3 aromatic rings. The van der Waals surface area contributed by atoms with Gasteiger partial charge in [0, 0.05) is 11.1 Å². The first-order valence-electron chi connectivity index (χ1n) is 9.15. The standard InChI is InChI=1S/C23H23O5P.Na/c1-15-10-11-21(16(2)12-15)22(24)19-13-17(3)23(18(4)14-19)28-29(25,26)27-20-8-6-5-7-9-20;/h5-14H,1-4H3,(H,25,26);/q;+1/p-1. The Morgan fingerprint density at radius 3 is 2.00 bits per heavy atom. The van der Waals surface area contributed by atoms with Crippen LogP contribution in [0.3, 0.4) is 0 Å². The van der Waals surface area contributed by atoms with Crippen LogP contribution in [0.1, 0.15) is 38.2 Å². The second-order valence-corrected chi connectivity index (χ2v) is 8.29. The van der Waals surface area contributed by atoms with Gasteiger partial charge in [-0.1, -0.05) is 42.0 Å². The Bertz CT molecular complexity index is 1090. The number of hydrogen-bond donors (Lipinski definition) is 0. The fraction of sp³-hybridized carbons (Fsp3) is 0.174. The minimum atomic E-state index is -4.64. The van der Waals surface area contributed by atoms with E-state index in [2.05, 4.69) is 0 Å². The maximum absolute atomic E-state index is 12.9. The Labute approximate surface area is 199 Å². The molecule has 0 aromatic heterocycles. The van der Waals surface area contributed by atoms with Gasteiger partial charge in [0.05, 0.1) is 0 Å². The van der Waals surface area contributed by atoms with Gasteiger partial charge in [0.25, 0.3) is 0 Å². The number of carbonyl (C=O) groups is 1. The van der Waals surface area contributed by atoms with E-state index >= 15 is 0 Å². The summed E-state index contributed by atoms with van der Waals surface area (Å²) >= 11 is 0. The molecule has 3 rings (SSSR count). The maximum Gasteiger partial charge on any atom is 1.00 e. The Morgan fingerprint density at radius 2 is 1.43 bits per heavy atom. The topological polar surface area (TPSA) is 75.7 Å². The average Bonchev–Trinajstić information content (AvgIpc) is 2.64. The first-order valence-corrected chi connectivity index (χ1v) is 10.6. The summed E-state index contributed by atoms with van der Waals surface area (Å²) in [5, 5.41) is 0. The van der Waals surface area contributed by atoms with Gasteiger partial charge in [-0.25, -0.2) is 4.57 Å². The molecular formula is C23H22NaO5P. The van der Waals surface area contributed by atoms with Gasteiger partial charge in [0.2, 0.25) is 0 Å². The van der Waals surface area contributed by atoms with Crippen molar-refractivity contribution in [3.05, 3.63) is 94.0 Å². The molecule has 0 aliphatic rings. The van der Waals surface area contributed by atoms with E-state index in [1.54, 1.807) is 44.2 Å². The minimum Gasteiger partial charge on any atom is -0.736 e. The summed E-state index contributed by atoms with van der Waals surface area (Å²) < 4.78 is 22.5. The van der Waals surface area contributed by atoms with Crippen molar-refractivity contribution in [3.8, 4) is 11.5 Å². The number of rotatable bonds is 6. The van der Waals surface area contributed by atoms with Crippen LogP contribution >= 0.6 is 7.82 Å². The van der Waals surface area contributed by atoms with Crippen LogP contribution in [0.5, 0.6) is 11.5 Å². The molecule has 1 atom stereocenters. The van der Waals surface area contributed by atoms with Crippen LogP contribution in [0.25, 0.3) is 0 Å². The fourth-order valence-corrected chi connectivity index (χ4v) is 4.12. The monoisotopic (exact) mass is 432 g/mol. The molecule has 150 valence electrons. The Balaban J connectivity index is 0.00000320. The van der Waals surface area contributed by atoms with Crippen LogP contribution in [0.2, 0.25) is 0 Å². The molecule has 0 saturated carbocycles. The van der Waals surface area contributed by atoms with Gasteiger partial charge < -0.3 is 13.9 Å². The zero-order chi connectivity index (χ0) is 21.2. The number of ketones is 1. The van der Waals surface area contributed by atoms with E-state index in [4.69, 9.17) is 9.05 Å². The largest absolute Gasteiger partial charge is 1.00 e. The molecule has 0 radical (unpaired) electrons. The summed E-state index contributed by atoms with van der Waals surface area (Å²) in [6, 6.07) is 17.1. The SMILES string of the molecule is Cc1ccc(C(=O)c2cc(C)c(OP(=O)([O-])Oc3ccccc3)c(C)c2)c(C)c1.[Na+].